The van der Waals surface area contributed by atoms with Gasteiger partial charge in [0.25, 0.3) is 5.56 Å². The maximum atomic E-state index is 13.0. The first-order valence-corrected chi connectivity index (χ1v) is 8.59. The minimum Gasteiger partial charge on any atom is -0.309 e. The number of carbonyl (C=O) groups is 1. The van der Waals surface area contributed by atoms with E-state index in [-0.39, 0.29) is 27.7 Å². The fourth-order valence-corrected chi connectivity index (χ4v) is 2.98. The number of carbonyl (C=O) groups excluding carboxylic acids is 1. The van der Waals surface area contributed by atoms with Crippen LogP contribution in [0.2, 0.25) is 5.15 Å². The highest BCUT2D eigenvalue weighted by Gasteiger charge is 2.33. The zero-order chi connectivity index (χ0) is 21.6. The number of nitrogens with one attached hydrogen (secondary N) is 1. The molecule has 0 fully saturated rings. The highest BCUT2D eigenvalue weighted by molar-refractivity contribution is 6.29. The summed E-state index contributed by atoms with van der Waals surface area (Å²) in [6.07, 6.45) is -3.83. The number of aromatic nitrogens is 5. The minimum absolute atomic E-state index is 0.0356. The maximum Gasteiger partial charge on any atom is 0.433 e. The van der Waals surface area contributed by atoms with E-state index in [1.807, 2.05) is 0 Å². The van der Waals surface area contributed by atoms with Crippen LogP contribution in [-0.4, -0.2) is 30.1 Å². The van der Waals surface area contributed by atoms with Crippen molar-refractivity contribution >= 4 is 40.0 Å². The summed E-state index contributed by atoms with van der Waals surface area (Å²) in [7, 11) is 0. The fourth-order valence-electron chi connectivity index (χ4n) is 2.80. The molecule has 1 N–H and O–H groups in total. The molecule has 8 nitrogen and oxygen atoms in total. The van der Waals surface area contributed by atoms with Crippen LogP contribution in [0.25, 0.3) is 16.7 Å². The topological polar surface area (TPSA) is 94.2 Å². The Kier molecular flexibility index (Phi) is 4.65. The first-order chi connectivity index (χ1) is 14.1. The second-order valence-electron chi connectivity index (χ2n) is 6.10. The Morgan fingerprint density at radius 1 is 1.20 bits per heavy atom. The van der Waals surface area contributed by atoms with Crippen molar-refractivity contribution in [2.45, 2.75) is 12.7 Å². The van der Waals surface area contributed by atoms with Gasteiger partial charge in [-0.15, -0.1) is 0 Å². The van der Waals surface area contributed by atoms with Crippen LogP contribution in [-0.2, 0) is 17.5 Å². The van der Waals surface area contributed by atoms with Gasteiger partial charge in [0.05, 0.1) is 11.6 Å². The molecule has 1 amide bonds. The molecule has 0 aliphatic carbocycles. The number of fused-ring (bicyclic) bond motifs is 3. The SMILES string of the molecule is O=C(Cn1c(=O)c2ccc(C(F)(F)F)nc2n2nc(Cl)cc12)Nc1ccc(F)cn1. The predicted octanol–water partition coefficient (Wildman–Crippen LogP) is 2.89. The highest BCUT2D eigenvalue weighted by atomic mass is 35.5. The van der Waals surface area contributed by atoms with Crippen LogP contribution < -0.4 is 10.9 Å². The van der Waals surface area contributed by atoms with Gasteiger partial charge in [0.2, 0.25) is 5.91 Å². The monoisotopic (exact) mass is 440 g/mol. The molecule has 4 rings (SSSR count). The molecule has 30 heavy (non-hydrogen) atoms. The van der Waals surface area contributed by atoms with Gasteiger partial charge in [0, 0.05) is 6.07 Å². The molecule has 4 heterocycles. The van der Waals surface area contributed by atoms with E-state index in [4.69, 9.17) is 11.6 Å². The third-order valence-electron chi connectivity index (χ3n) is 4.08. The van der Waals surface area contributed by atoms with E-state index in [2.05, 4.69) is 20.4 Å². The van der Waals surface area contributed by atoms with Crippen LogP contribution in [0.1, 0.15) is 5.69 Å². The Hall–Kier alpha value is -3.54. The van der Waals surface area contributed by atoms with E-state index >= 15 is 0 Å². The summed E-state index contributed by atoms with van der Waals surface area (Å²) in [6.45, 7) is -0.527. The van der Waals surface area contributed by atoms with Crippen molar-refractivity contribution in [3.63, 3.8) is 0 Å². The summed E-state index contributed by atoms with van der Waals surface area (Å²) in [6, 6.07) is 5.15. The second kappa shape index (κ2) is 7.06. The third-order valence-corrected chi connectivity index (χ3v) is 4.26. The van der Waals surface area contributed by atoms with Gasteiger partial charge in [-0.1, -0.05) is 11.6 Å². The molecular weight excluding hydrogens is 432 g/mol. The minimum atomic E-state index is -4.73. The molecule has 0 saturated heterocycles. The van der Waals surface area contributed by atoms with Gasteiger partial charge in [-0.3, -0.25) is 14.2 Å². The highest BCUT2D eigenvalue weighted by Crippen LogP contribution is 2.28. The van der Waals surface area contributed by atoms with E-state index in [9.17, 15) is 27.2 Å². The van der Waals surface area contributed by atoms with Gasteiger partial charge in [-0.05, 0) is 24.3 Å². The molecule has 4 aromatic heterocycles. The standard InChI is InChI=1S/C17H9ClF4N6O2/c18-11-5-14-27(7-13(29)25-12-4-1-8(19)6-23-12)16(30)9-2-3-10(17(20,21)22)24-15(9)28(14)26-11/h1-6H,7H2,(H,23,25,29). The van der Waals surface area contributed by atoms with Crippen LogP contribution in [0.3, 0.4) is 0 Å². The Balaban J connectivity index is 1.81. The molecule has 0 atom stereocenters. The van der Waals surface area contributed by atoms with E-state index < -0.39 is 35.7 Å². The first kappa shape index (κ1) is 19.8. The van der Waals surface area contributed by atoms with Gasteiger partial charge in [0.15, 0.2) is 10.8 Å². The summed E-state index contributed by atoms with van der Waals surface area (Å²) >= 11 is 5.88. The quantitative estimate of drug-likeness (QED) is 0.494. The van der Waals surface area contributed by atoms with Gasteiger partial charge in [-0.25, -0.2) is 14.4 Å². The fraction of sp³-hybridized carbons (Fsp3) is 0.118. The van der Waals surface area contributed by atoms with Crippen LogP contribution >= 0.6 is 11.6 Å². The molecule has 0 bridgehead atoms. The lowest BCUT2D eigenvalue weighted by molar-refractivity contribution is -0.141. The molecule has 0 spiro atoms. The second-order valence-corrected chi connectivity index (χ2v) is 6.49. The number of hydrogen-bond acceptors (Lipinski definition) is 5. The number of rotatable bonds is 3. The van der Waals surface area contributed by atoms with E-state index in [1.165, 1.54) is 12.1 Å². The van der Waals surface area contributed by atoms with Crippen LogP contribution in [0, 0.1) is 5.82 Å². The largest absolute Gasteiger partial charge is 0.433 e. The number of nitrogens with zero attached hydrogens (tertiary/aromatic N) is 5. The molecule has 0 saturated carbocycles. The average Bonchev–Trinajstić information content (AvgIpc) is 3.07. The van der Waals surface area contributed by atoms with E-state index in [1.54, 1.807) is 0 Å². The van der Waals surface area contributed by atoms with E-state index in [0.29, 0.717) is 6.07 Å². The molecule has 0 aliphatic rings. The van der Waals surface area contributed by atoms with Gasteiger partial charge < -0.3 is 5.32 Å². The number of pyridine rings is 2. The van der Waals surface area contributed by atoms with Crippen molar-refractivity contribution < 1.29 is 22.4 Å². The molecule has 13 heteroatoms. The number of amides is 1. The number of hydrogen-bond donors (Lipinski definition) is 1. The van der Waals surface area contributed by atoms with Crippen LogP contribution in [0.5, 0.6) is 0 Å². The summed E-state index contributed by atoms with van der Waals surface area (Å²) < 4.78 is 53.9. The smallest absolute Gasteiger partial charge is 0.309 e. The van der Waals surface area contributed by atoms with E-state index in [0.717, 1.165) is 27.4 Å². The lowest BCUT2D eigenvalue weighted by Crippen LogP contribution is -2.30. The molecule has 4 aromatic rings. The molecule has 0 aromatic carbocycles. The summed E-state index contributed by atoms with van der Waals surface area (Å²) in [5.41, 5.74) is -2.36. The maximum absolute atomic E-state index is 13.0. The average molecular weight is 441 g/mol. The number of anilines is 1. The molecule has 0 aliphatic heterocycles. The Morgan fingerprint density at radius 2 is 1.97 bits per heavy atom. The van der Waals surface area contributed by atoms with Gasteiger partial charge in [0.1, 0.15) is 29.5 Å². The Bertz CT molecular complexity index is 1350. The van der Waals surface area contributed by atoms with Crippen molar-refractivity contribution in [3.8, 4) is 0 Å². The lowest BCUT2D eigenvalue weighted by Gasteiger charge is -2.12. The molecular formula is C17H9ClF4N6O2. The third kappa shape index (κ3) is 3.56. The van der Waals surface area contributed by atoms with Gasteiger partial charge >= 0.3 is 6.18 Å². The summed E-state index contributed by atoms with van der Waals surface area (Å²) in [5.74, 6) is -1.23. The normalized spacial score (nSPS) is 11.9. The van der Waals surface area contributed by atoms with Crippen molar-refractivity contribution in [3.05, 3.63) is 63.5 Å². The summed E-state index contributed by atoms with van der Waals surface area (Å²) in [5, 5.41) is 5.96. The van der Waals surface area contributed by atoms with Gasteiger partial charge in [-0.2, -0.15) is 22.8 Å². The van der Waals surface area contributed by atoms with Crippen molar-refractivity contribution in [1.82, 2.24) is 24.1 Å². The predicted molar refractivity (Wildman–Crippen MR) is 97.6 cm³/mol. The summed E-state index contributed by atoms with van der Waals surface area (Å²) in [4.78, 5) is 32.4. The van der Waals surface area contributed by atoms with Crippen molar-refractivity contribution in [2.75, 3.05) is 5.32 Å². The van der Waals surface area contributed by atoms with Crippen molar-refractivity contribution in [1.29, 1.82) is 0 Å². The van der Waals surface area contributed by atoms with Crippen LogP contribution in [0.15, 0.2) is 41.3 Å². The molecule has 154 valence electrons. The first-order valence-electron chi connectivity index (χ1n) is 8.21. The Morgan fingerprint density at radius 3 is 2.63 bits per heavy atom. The van der Waals surface area contributed by atoms with Crippen LogP contribution in [0.4, 0.5) is 23.4 Å². The lowest BCUT2D eigenvalue weighted by atomic mass is 10.2. The molecule has 0 unspecified atom stereocenters. The van der Waals surface area contributed by atoms with Crippen molar-refractivity contribution in [2.24, 2.45) is 0 Å². The Labute approximate surface area is 168 Å². The zero-order valence-electron chi connectivity index (χ0n) is 14.6. The number of alkyl halides is 3. The number of halogens is 5. The zero-order valence-corrected chi connectivity index (χ0v) is 15.4. The molecule has 0 radical (unpaired) electrons.